The van der Waals surface area contributed by atoms with Gasteiger partial charge in [-0.3, -0.25) is 4.79 Å². The molecule has 0 aliphatic heterocycles. The highest BCUT2D eigenvalue weighted by atomic mass is 16.3. The molecule has 0 fully saturated rings. The summed E-state index contributed by atoms with van der Waals surface area (Å²) in [5, 5.41) is 23.1. The van der Waals surface area contributed by atoms with E-state index in [-0.39, 0.29) is 12.5 Å². The zero-order valence-electron chi connectivity index (χ0n) is 41.1. The molecule has 358 valence electrons. The van der Waals surface area contributed by atoms with E-state index in [4.69, 9.17) is 0 Å². The molecular weight excluding hydrogens is 759 g/mol. The standard InChI is InChI=1S/C58H103NO3/c1-3-5-7-9-11-13-15-17-19-21-23-25-27-28-29-30-32-33-35-37-39-41-43-45-47-49-51-53-57(61)56(55-60)59-58(62)54-52-50-48-46-44-42-40-38-36-34-31-26-24-22-20-18-16-14-12-10-8-6-4-2/h6,8,12,14,18,20,24,26,34,36,40,42,51,53,56-57,60-61H,3-5,7,9-11,13,15-17,19,21-23,25,27-33,35,37-39,41,43-50,52,54-55H2,1-2H3,(H,59,62)/b8-6-,14-12-,20-18-,26-24-,36-34-,42-40-,53-51+. The normalized spacial score (nSPS) is 13.5. The Balaban J connectivity index is 3.59. The number of rotatable bonds is 48. The summed E-state index contributed by atoms with van der Waals surface area (Å²) in [5.74, 6) is -0.0892. The van der Waals surface area contributed by atoms with Crippen LogP contribution in [-0.2, 0) is 4.79 Å². The second-order valence-corrected chi connectivity index (χ2v) is 17.9. The second-order valence-electron chi connectivity index (χ2n) is 17.9. The van der Waals surface area contributed by atoms with E-state index in [1.165, 1.54) is 154 Å². The van der Waals surface area contributed by atoms with Crippen molar-refractivity contribution in [2.45, 2.75) is 270 Å². The first-order valence-corrected chi connectivity index (χ1v) is 26.8. The molecule has 0 aliphatic carbocycles. The minimum atomic E-state index is -0.857. The molecule has 0 saturated heterocycles. The highest BCUT2D eigenvalue weighted by Crippen LogP contribution is 2.16. The number of aliphatic hydroxyl groups excluding tert-OH is 2. The molecule has 0 rings (SSSR count). The minimum Gasteiger partial charge on any atom is -0.394 e. The van der Waals surface area contributed by atoms with Crippen molar-refractivity contribution < 1.29 is 15.0 Å². The molecule has 4 nitrogen and oxygen atoms in total. The third-order valence-electron chi connectivity index (χ3n) is 11.9. The van der Waals surface area contributed by atoms with Crippen LogP contribution in [0.1, 0.15) is 258 Å². The molecule has 3 N–H and O–H groups in total. The summed E-state index contributed by atoms with van der Waals surface area (Å²) in [5.41, 5.74) is 0. The van der Waals surface area contributed by atoms with Crippen molar-refractivity contribution in [3.8, 4) is 0 Å². The summed E-state index contributed by atoms with van der Waals surface area (Å²) < 4.78 is 0. The van der Waals surface area contributed by atoms with Gasteiger partial charge in [0.25, 0.3) is 0 Å². The molecule has 0 aromatic rings. The van der Waals surface area contributed by atoms with Gasteiger partial charge in [0.1, 0.15) is 0 Å². The molecule has 0 bridgehead atoms. The maximum absolute atomic E-state index is 12.4. The molecule has 4 heteroatoms. The van der Waals surface area contributed by atoms with Crippen LogP contribution >= 0.6 is 0 Å². The molecule has 1 amide bonds. The number of amides is 1. The summed E-state index contributed by atoms with van der Waals surface area (Å²) >= 11 is 0. The van der Waals surface area contributed by atoms with Crippen LogP contribution in [0.4, 0.5) is 0 Å². The van der Waals surface area contributed by atoms with Crippen molar-refractivity contribution in [1.82, 2.24) is 5.32 Å². The monoisotopic (exact) mass is 862 g/mol. The number of allylic oxidation sites excluding steroid dienone is 13. The molecule has 0 saturated carbocycles. The Hall–Kier alpha value is -2.43. The SMILES string of the molecule is CC/C=C\C/C=C\C/C=C\C/C=C\C/C=C\C/C=C\CCCCCCC(=O)NC(CO)C(O)/C=C/CCCCCCCCCCCCCCCCCCCCCCCCCCC. The lowest BCUT2D eigenvalue weighted by molar-refractivity contribution is -0.123. The Morgan fingerprint density at radius 1 is 0.403 bits per heavy atom. The van der Waals surface area contributed by atoms with Crippen LogP contribution in [0.5, 0.6) is 0 Å². The van der Waals surface area contributed by atoms with E-state index in [1.807, 2.05) is 6.08 Å². The number of unbranched alkanes of at least 4 members (excludes halogenated alkanes) is 29. The second kappa shape index (κ2) is 52.9. The topological polar surface area (TPSA) is 69.6 Å². The van der Waals surface area contributed by atoms with Crippen LogP contribution < -0.4 is 5.32 Å². The van der Waals surface area contributed by atoms with E-state index >= 15 is 0 Å². The minimum absolute atomic E-state index is 0.0892. The van der Waals surface area contributed by atoms with Crippen LogP contribution in [-0.4, -0.2) is 34.9 Å². The summed E-state index contributed by atoms with van der Waals surface area (Å²) in [6.07, 6.45) is 77.3. The quantitative estimate of drug-likeness (QED) is 0.0422. The highest BCUT2D eigenvalue weighted by Gasteiger charge is 2.18. The van der Waals surface area contributed by atoms with Crippen molar-refractivity contribution in [2.24, 2.45) is 0 Å². The Kier molecular flexibility index (Phi) is 50.8. The fourth-order valence-corrected chi connectivity index (χ4v) is 7.83. The third-order valence-corrected chi connectivity index (χ3v) is 11.9. The van der Waals surface area contributed by atoms with Crippen molar-refractivity contribution in [1.29, 1.82) is 0 Å². The molecule has 0 aliphatic rings. The molecular formula is C58H103NO3. The summed E-state index contributed by atoms with van der Waals surface area (Å²) in [6.45, 7) is 4.20. The Labute approximate surface area is 386 Å². The molecule has 2 unspecified atom stereocenters. The molecule has 0 spiro atoms. The van der Waals surface area contributed by atoms with Gasteiger partial charge in [0.15, 0.2) is 0 Å². The van der Waals surface area contributed by atoms with Gasteiger partial charge in [-0.1, -0.05) is 266 Å². The molecule has 62 heavy (non-hydrogen) atoms. The van der Waals surface area contributed by atoms with Crippen LogP contribution in [0.2, 0.25) is 0 Å². The van der Waals surface area contributed by atoms with E-state index in [0.29, 0.717) is 6.42 Å². The first-order valence-electron chi connectivity index (χ1n) is 26.8. The zero-order chi connectivity index (χ0) is 44.9. The van der Waals surface area contributed by atoms with Gasteiger partial charge >= 0.3 is 0 Å². The number of hydrogen-bond acceptors (Lipinski definition) is 3. The Bertz CT molecular complexity index is 1110. The average Bonchev–Trinajstić information content (AvgIpc) is 3.28. The third kappa shape index (κ3) is 48.6. The predicted octanol–water partition coefficient (Wildman–Crippen LogP) is 17.6. The van der Waals surface area contributed by atoms with Crippen molar-refractivity contribution >= 4 is 5.91 Å². The van der Waals surface area contributed by atoms with Crippen molar-refractivity contribution in [3.05, 3.63) is 85.1 Å². The fourth-order valence-electron chi connectivity index (χ4n) is 7.83. The number of nitrogens with one attached hydrogen (secondary N) is 1. The summed E-state index contributed by atoms with van der Waals surface area (Å²) in [6, 6.07) is -0.643. The Morgan fingerprint density at radius 2 is 0.710 bits per heavy atom. The predicted molar refractivity (Wildman–Crippen MR) is 276 cm³/mol. The maximum atomic E-state index is 12.4. The lowest BCUT2D eigenvalue weighted by Gasteiger charge is -2.20. The Morgan fingerprint density at radius 3 is 1.06 bits per heavy atom. The zero-order valence-corrected chi connectivity index (χ0v) is 41.1. The van der Waals surface area contributed by atoms with E-state index in [9.17, 15) is 15.0 Å². The first kappa shape index (κ1) is 59.6. The van der Waals surface area contributed by atoms with Gasteiger partial charge in [0, 0.05) is 6.42 Å². The van der Waals surface area contributed by atoms with Gasteiger partial charge in [-0.15, -0.1) is 0 Å². The van der Waals surface area contributed by atoms with Crippen LogP contribution in [0, 0.1) is 0 Å². The van der Waals surface area contributed by atoms with Gasteiger partial charge < -0.3 is 15.5 Å². The van der Waals surface area contributed by atoms with Crippen molar-refractivity contribution in [2.75, 3.05) is 6.61 Å². The molecule has 0 aromatic heterocycles. The van der Waals surface area contributed by atoms with E-state index in [0.717, 1.165) is 83.5 Å². The van der Waals surface area contributed by atoms with Gasteiger partial charge in [-0.05, 0) is 70.6 Å². The van der Waals surface area contributed by atoms with Crippen LogP contribution in [0.25, 0.3) is 0 Å². The van der Waals surface area contributed by atoms with E-state index in [2.05, 4.69) is 92.1 Å². The number of carbonyl (C=O) groups excluding carboxylic acids is 1. The van der Waals surface area contributed by atoms with Crippen LogP contribution in [0.3, 0.4) is 0 Å². The first-order chi connectivity index (χ1) is 30.7. The van der Waals surface area contributed by atoms with E-state index < -0.39 is 12.1 Å². The fraction of sp³-hybridized carbons (Fsp3) is 0.741. The van der Waals surface area contributed by atoms with E-state index in [1.54, 1.807) is 6.08 Å². The largest absolute Gasteiger partial charge is 0.394 e. The number of hydrogen-bond donors (Lipinski definition) is 3. The molecule has 2 atom stereocenters. The van der Waals surface area contributed by atoms with Gasteiger partial charge in [0.2, 0.25) is 5.91 Å². The number of carbonyl (C=O) groups is 1. The molecule has 0 heterocycles. The van der Waals surface area contributed by atoms with Gasteiger partial charge in [-0.2, -0.15) is 0 Å². The smallest absolute Gasteiger partial charge is 0.220 e. The van der Waals surface area contributed by atoms with Crippen molar-refractivity contribution in [3.63, 3.8) is 0 Å². The lowest BCUT2D eigenvalue weighted by Crippen LogP contribution is -2.45. The molecule has 0 radical (unpaired) electrons. The van der Waals surface area contributed by atoms with Gasteiger partial charge in [-0.25, -0.2) is 0 Å². The van der Waals surface area contributed by atoms with Gasteiger partial charge in [0.05, 0.1) is 18.8 Å². The lowest BCUT2D eigenvalue weighted by atomic mass is 10.0. The molecule has 0 aromatic carbocycles. The summed E-state index contributed by atoms with van der Waals surface area (Å²) in [7, 11) is 0. The summed E-state index contributed by atoms with van der Waals surface area (Å²) in [4.78, 5) is 12.4. The average molecular weight is 862 g/mol. The highest BCUT2D eigenvalue weighted by molar-refractivity contribution is 5.76. The number of aliphatic hydroxyl groups is 2. The maximum Gasteiger partial charge on any atom is 0.220 e. The van der Waals surface area contributed by atoms with Crippen LogP contribution in [0.15, 0.2) is 85.1 Å².